The van der Waals surface area contributed by atoms with E-state index in [1.807, 2.05) is 18.2 Å². The molecular formula is C15H15N3O3. The second-order valence-electron chi connectivity index (χ2n) is 4.79. The fourth-order valence-electron chi connectivity index (χ4n) is 2.24. The van der Waals surface area contributed by atoms with E-state index in [4.69, 9.17) is 9.47 Å². The molecule has 0 saturated heterocycles. The third-order valence-corrected chi connectivity index (χ3v) is 3.34. The van der Waals surface area contributed by atoms with E-state index in [1.54, 1.807) is 13.8 Å². The van der Waals surface area contributed by atoms with Gasteiger partial charge < -0.3 is 14.8 Å². The number of aryl methyl sites for hydroxylation is 2. The van der Waals surface area contributed by atoms with Crippen molar-refractivity contribution in [1.29, 1.82) is 0 Å². The van der Waals surface area contributed by atoms with Gasteiger partial charge in [-0.1, -0.05) is 6.07 Å². The Morgan fingerprint density at radius 3 is 2.67 bits per heavy atom. The Balaban J connectivity index is 1.71. The molecule has 0 unspecified atom stereocenters. The molecule has 2 heterocycles. The van der Waals surface area contributed by atoms with Crippen LogP contribution >= 0.6 is 0 Å². The molecule has 108 valence electrons. The third kappa shape index (κ3) is 2.65. The third-order valence-electron chi connectivity index (χ3n) is 3.34. The number of rotatable bonds is 3. The normalized spacial score (nSPS) is 12.3. The maximum absolute atomic E-state index is 12.2. The molecule has 0 saturated carbocycles. The first-order valence-electron chi connectivity index (χ1n) is 6.60. The second-order valence-corrected chi connectivity index (χ2v) is 4.79. The van der Waals surface area contributed by atoms with E-state index in [0.717, 1.165) is 11.3 Å². The molecule has 6 nitrogen and oxygen atoms in total. The predicted octanol–water partition coefficient (Wildman–Crippen LogP) is 1.75. The van der Waals surface area contributed by atoms with Crippen molar-refractivity contribution in [3.05, 3.63) is 47.0 Å². The average Bonchev–Trinajstić information content (AvgIpc) is 2.92. The van der Waals surface area contributed by atoms with Gasteiger partial charge in [0.25, 0.3) is 5.91 Å². The fraction of sp³-hybridized carbons (Fsp3) is 0.267. The molecule has 0 fully saturated rings. The summed E-state index contributed by atoms with van der Waals surface area (Å²) in [4.78, 5) is 20.4. The van der Waals surface area contributed by atoms with Crippen LogP contribution in [-0.4, -0.2) is 22.7 Å². The van der Waals surface area contributed by atoms with Crippen LogP contribution in [0, 0.1) is 13.8 Å². The molecule has 2 aromatic rings. The summed E-state index contributed by atoms with van der Waals surface area (Å²) >= 11 is 0. The second kappa shape index (κ2) is 5.40. The number of hydrogen-bond donors (Lipinski definition) is 1. The zero-order valence-electron chi connectivity index (χ0n) is 11.8. The zero-order valence-corrected chi connectivity index (χ0v) is 11.8. The van der Waals surface area contributed by atoms with Crippen molar-refractivity contribution in [2.24, 2.45) is 0 Å². The van der Waals surface area contributed by atoms with Gasteiger partial charge in [-0.25, -0.2) is 9.97 Å². The minimum atomic E-state index is -0.178. The number of ether oxygens (including phenoxy) is 2. The van der Waals surface area contributed by atoms with E-state index < -0.39 is 0 Å². The first-order chi connectivity index (χ1) is 10.1. The molecule has 0 atom stereocenters. The zero-order chi connectivity index (χ0) is 14.8. The van der Waals surface area contributed by atoms with Gasteiger partial charge in [-0.15, -0.1) is 0 Å². The van der Waals surface area contributed by atoms with Crippen molar-refractivity contribution < 1.29 is 14.3 Å². The molecule has 1 amide bonds. The topological polar surface area (TPSA) is 73.3 Å². The summed E-state index contributed by atoms with van der Waals surface area (Å²) in [6, 6.07) is 5.60. The molecule has 1 aliphatic rings. The number of hydrogen-bond acceptors (Lipinski definition) is 5. The number of benzene rings is 1. The highest BCUT2D eigenvalue weighted by molar-refractivity contribution is 5.96. The van der Waals surface area contributed by atoms with Crippen LogP contribution in [-0.2, 0) is 6.54 Å². The van der Waals surface area contributed by atoms with Crippen molar-refractivity contribution in [3.8, 4) is 11.5 Å². The molecule has 0 spiro atoms. The van der Waals surface area contributed by atoms with Crippen molar-refractivity contribution in [3.63, 3.8) is 0 Å². The lowest BCUT2D eigenvalue weighted by atomic mass is 10.1. The molecule has 0 aliphatic carbocycles. The van der Waals surface area contributed by atoms with E-state index in [-0.39, 0.29) is 12.7 Å². The average molecular weight is 285 g/mol. The van der Waals surface area contributed by atoms with Gasteiger partial charge >= 0.3 is 0 Å². The molecule has 1 aromatic carbocycles. The van der Waals surface area contributed by atoms with Gasteiger partial charge in [0.05, 0.1) is 17.0 Å². The molecule has 1 aromatic heterocycles. The lowest BCUT2D eigenvalue weighted by Crippen LogP contribution is -2.25. The van der Waals surface area contributed by atoms with Gasteiger partial charge in [-0.05, 0) is 31.5 Å². The van der Waals surface area contributed by atoms with Crippen LogP contribution in [0.1, 0.15) is 27.3 Å². The summed E-state index contributed by atoms with van der Waals surface area (Å²) in [7, 11) is 0. The molecule has 1 aliphatic heterocycles. The highest BCUT2D eigenvalue weighted by Gasteiger charge is 2.16. The number of aromatic nitrogens is 2. The number of fused-ring (bicyclic) bond motifs is 1. The Labute approximate surface area is 122 Å². The van der Waals surface area contributed by atoms with Crippen molar-refractivity contribution >= 4 is 5.91 Å². The lowest BCUT2D eigenvalue weighted by Gasteiger charge is -2.09. The predicted molar refractivity (Wildman–Crippen MR) is 75.2 cm³/mol. The first-order valence-corrected chi connectivity index (χ1v) is 6.60. The Morgan fingerprint density at radius 2 is 1.90 bits per heavy atom. The van der Waals surface area contributed by atoms with Gasteiger partial charge in [0.1, 0.15) is 6.33 Å². The summed E-state index contributed by atoms with van der Waals surface area (Å²) in [5.74, 6) is 1.26. The summed E-state index contributed by atoms with van der Waals surface area (Å²) in [6.45, 7) is 4.24. The highest BCUT2D eigenvalue weighted by Crippen LogP contribution is 2.32. The van der Waals surface area contributed by atoms with Crippen LogP contribution in [0.3, 0.4) is 0 Å². The maximum atomic E-state index is 12.2. The number of nitrogens with one attached hydrogen (secondary N) is 1. The van der Waals surface area contributed by atoms with Crippen molar-refractivity contribution in [2.75, 3.05) is 6.79 Å². The van der Waals surface area contributed by atoms with Crippen molar-refractivity contribution in [2.45, 2.75) is 20.4 Å². The fourth-order valence-corrected chi connectivity index (χ4v) is 2.24. The van der Waals surface area contributed by atoms with Crippen LogP contribution in [0.2, 0.25) is 0 Å². The van der Waals surface area contributed by atoms with Gasteiger partial charge in [0, 0.05) is 6.54 Å². The standard InChI is InChI=1S/C15H15N3O3/c1-9-14(10(2)18-7-17-9)15(19)16-6-11-3-4-12-13(5-11)21-8-20-12/h3-5,7H,6,8H2,1-2H3,(H,16,19). The summed E-state index contributed by atoms with van der Waals surface area (Å²) in [5.41, 5.74) is 2.81. The summed E-state index contributed by atoms with van der Waals surface area (Å²) in [5, 5.41) is 2.87. The summed E-state index contributed by atoms with van der Waals surface area (Å²) in [6.07, 6.45) is 1.46. The molecule has 3 rings (SSSR count). The lowest BCUT2D eigenvalue weighted by molar-refractivity contribution is 0.0948. The van der Waals surface area contributed by atoms with Gasteiger partial charge in [0.2, 0.25) is 6.79 Å². The van der Waals surface area contributed by atoms with Gasteiger partial charge in [-0.3, -0.25) is 4.79 Å². The Bertz CT molecular complexity index is 680. The SMILES string of the molecule is Cc1ncnc(C)c1C(=O)NCc1ccc2c(c1)OCO2. The molecule has 21 heavy (non-hydrogen) atoms. The number of amides is 1. The molecule has 1 N–H and O–H groups in total. The Kier molecular flexibility index (Phi) is 3.43. The van der Waals surface area contributed by atoms with E-state index in [1.165, 1.54) is 6.33 Å². The number of carbonyl (C=O) groups excluding carboxylic acids is 1. The van der Waals surface area contributed by atoms with E-state index in [0.29, 0.717) is 29.2 Å². The van der Waals surface area contributed by atoms with Crippen molar-refractivity contribution in [1.82, 2.24) is 15.3 Å². The monoisotopic (exact) mass is 285 g/mol. The van der Waals surface area contributed by atoms with Crippen LogP contribution in [0.4, 0.5) is 0 Å². The van der Waals surface area contributed by atoms with Crippen LogP contribution in [0.25, 0.3) is 0 Å². The van der Waals surface area contributed by atoms with E-state index in [2.05, 4.69) is 15.3 Å². The number of carbonyl (C=O) groups is 1. The molecule has 0 bridgehead atoms. The van der Waals surface area contributed by atoms with Crippen LogP contribution < -0.4 is 14.8 Å². The Hall–Kier alpha value is -2.63. The molecule has 6 heteroatoms. The summed E-state index contributed by atoms with van der Waals surface area (Å²) < 4.78 is 10.6. The van der Waals surface area contributed by atoms with Crippen LogP contribution in [0.15, 0.2) is 24.5 Å². The molecular weight excluding hydrogens is 270 g/mol. The largest absolute Gasteiger partial charge is 0.454 e. The van der Waals surface area contributed by atoms with Gasteiger partial charge in [0.15, 0.2) is 11.5 Å². The van der Waals surface area contributed by atoms with E-state index in [9.17, 15) is 4.79 Å². The smallest absolute Gasteiger partial charge is 0.255 e. The minimum Gasteiger partial charge on any atom is -0.454 e. The van der Waals surface area contributed by atoms with E-state index >= 15 is 0 Å². The minimum absolute atomic E-state index is 0.178. The number of nitrogens with zero attached hydrogens (tertiary/aromatic N) is 2. The molecule has 0 radical (unpaired) electrons. The van der Waals surface area contributed by atoms with Crippen LogP contribution in [0.5, 0.6) is 11.5 Å². The Morgan fingerprint density at radius 1 is 1.19 bits per heavy atom. The maximum Gasteiger partial charge on any atom is 0.255 e. The first kappa shape index (κ1) is 13.4. The highest BCUT2D eigenvalue weighted by atomic mass is 16.7. The quantitative estimate of drug-likeness (QED) is 0.930. The van der Waals surface area contributed by atoms with Gasteiger partial charge in [-0.2, -0.15) is 0 Å².